The lowest BCUT2D eigenvalue weighted by molar-refractivity contribution is -0.162. The van der Waals surface area contributed by atoms with Gasteiger partial charge < -0.3 is 4.74 Å². The van der Waals surface area contributed by atoms with Crippen molar-refractivity contribution in [2.24, 2.45) is 17.3 Å². The van der Waals surface area contributed by atoms with Crippen molar-refractivity contribution >= 4 is 5.97 Å². The highest BCUT2D eigenvalue weighted by Crippen LogP contribution is 2.46. The molecular weight excluding hydrogens is 200 g/mol. The van der Waals surface area contributed by atoms with Crippen LogP contribution in [0.2, 0.25) is 0 Å². The Bertz CT molecular complexity index is 293. The summed E-state index contributed by atoms with van der Waals surface area (Å²) in [4.78, 5) is 12.2. The summed E-state index contributed by atoms with van der Waals surface area (Å²) >= 11 is 0. The van der Waals surface area contributed by atoms with Crippen LogP contribution in [-0.2, 0) is 9.53 Å². The van der Waals surface area contributed by atoms with E-state index >= 15 is 0 Å². The highest BCUT2D eigenvalue weighted by atomic mass is 16.5. The maximum Gasteiger partial charge on any atom is 0.313 e. The summed E-state index contributed by atoms with van der Waals surface area (Å²) in [6, 6.07) is 0. The van der Waals surface area contributed by atoms with Crippen LogP contribution >= 0.6 is 0 Å². The number of esters is 1. The molecule has 90 valence electrons. The second kappa shape index (κ2) is 5.33. The standard InChI is InChI=1S/C14H22O2/c1-5-10-14(13(15)16-6-2)11(3)8-7-9-12(14)4/h5,7-8,11-12H,1,6,9-10H2,2-4H3/t11-,12-,14?/m0/s1. The molecule has 0 N–H and O–H groups in total. The van der Waals surface area contributed by atoms with Gasteiger partial charge in [0.25, 0.3) is 0 Å². The normalized spacial score (nSPS) is 33.4. The van der Waals surface area contributed by atoms with E-state index < -0.39 is 5.41 Å². The number of rotatable bonds is 4. The third-order valence-corrected chi connectivity index (χ3v) is 3.74. The molecule has 0 spiro atoms. The SMILES string of the molecule is C=CCC1(C(=O)OCC)[C@@H](C)C=CC[C@@H]1C. The molecule has 1 aliphatic carbocycles. The summed E-state index contributed by atoms with van der Waals surface area (Å²) in [5, 5.41) is 0. The Labute approximate surface area is 98.4 Å². The van der Waals surface area contributed by atoms with Gasteiger partial charge in [0.15, 0.2) is 0 Å². The van der Waals surface area contributed by atoms with E-state index in [-0.39, 0.29) is 11.9 Å². The monoisotopic (exact) mass is 222 g/mol. The zero-order chi connectivity index (χ0) is 12.2. The largest absolute Gasteiger partial charge is 0.466 e. The van der Waals surface area contributed by atoms with E-state index in [1.807, 2.05) is 13.0 Å². The third kappa shape index (κ3) is 2.06. The fourth-order valence-corrected chi connectivity index (χ4v) is 2.68. The van der Waals surface area contributed by atoms with Gasteiger partial charge in [0.05, 0.1) is 12.0 Å². The molecule has 0 radical (unpaired) electrons. The molecule has 0 fully saturated rings. The first-order valence-corrected chi connectivity index (χ1v) is 6.04. The topological polar surface area (TPSA) is 26.3 Å². The number of ether oxygens (including phenoxy) is 1. The average molecular weight is 222 g/mol. The van der Waals surface area contributed by atoms with E-state index in [1.54, 1.807) is 0 Å². The number of hydrogen-bond donors (Lipinski definition) is 0. The van der Waals surface area contributed by atoms with Crippen molar-refractivity contribution in [2.45, 2.75) is 33.6 Å². The van der Waals surface area contributed by atoms with Crippen LogP contribution in [0.1, 0.15) is 33.6 Å². The van der Waals surface area contributed by atoms with Gasteiger partial charge in [-0.25, -0.2) is 0 Å². The molecule has 16 heavy (non-hydrogen) atoms. The molecule has 2 nitrogen and oxygen atoms in total. The molecule has 0 saturated heterocycles. The fourth-order valence-electron chi connectivity index (χ4n) is 2.68. The molecule has 1 rings (SSSR count). The third-order valence-electron chi connectivity index (χ3n) is 3.74. The van der Waals surface area contributed by atoms with Gasteiger partial charge in [-0.15, -0.1) is 6.58 Å². The van der Waals surface area contributed by atoms with E-state index in [0.29, 0.717) is 18.9 Å². The number of allylic oxidation sites excluding steroid dienone is 3. The molecule has 3 atom stereocenters. The Morgan fingerprint density at radius 1 is 1.62 bits per heavy atom. The molecule has 2 heteroatoms. The summed E-state index contributed by atoms with van der Waals surface area (Å²) in [6.07, 6.45) is 7.76. The van der Waals surface area contributed by atoms with Crippen LogP contribution in [0, 0.1) is 17.3 Å². The molecule has 0 aliphatic heterocycles. The van der Waals surface area contributed by atoms with Crippen LogP contribution in [0.15, 0.2) is 24.8 Å². The first-order valence-electron chi connectivity index (χ1n) is 6.04. The van der Waals surface area contributed by atoms with Gasteiger partial charge in [0.1, 0.15) is 0 Å². The lowest BCUT2D eigenvalue weighted by Crippen LogP contribution is -2.44. The fraction of sp³-hybridized carbons (Fsp3) is 0.643. The minimum atomic E-state index is -0.410. The average Bonchev–Trinajstić information content (AvgIpc) is 2.24. The van der Waals surface area contributed by atoms with Crippen LogP contribution in [-0.4, -0.2) is 12.6 Å². The quantitative estimate of drug-likeness (QED) is 0.538. The number of hydrogen-bond acceptors (Lipinski definition) is 2. The molecule has 0 amide bonds. The van der Waals surface area contributed by atoms with E-state index in [2.05, 4.69) is 32.6 Å². The van der Waals surface area contributed by atoms with Gasteiger partial charge in [-0.05, 0) is 31.6 Å². The molecule has 0 heterocycles. The second-order valence-corrected chi connectivity index (χ2v) is 4.61. The van der Waals surface area contributed by atoms with Gasteiger partial charge in [-0.3, -0.25) is 4.79 Å². The highest BCUT2D eigenvalue weighted by Gasteiger charge is 2.48. The molecule has 1 unspecified atom stereocenters. The first-order chi connectivity index (χ1) is 7.59. The highest BCUT2D eigenvalue weighted by molar-refractivity contribution is 5.78. The van der Waals surface area contributed by atoms with Gasteiger partial charge in [0.2, 0.25) is 0 Å². The zero-order valence-corrected chi connectivity index (χ0v) is 10.5. The summed E-state index contributed by atoms with van der Waals surface area (Å²) in [5.41, 5.74) is -0.410. The molecule has 0 aromatic carbocycles. The van der Waals surface area contributed by atoms with Crippen LogP contribution in [0.3, 0.4) is 0 Å². The molecule has 1 aliphatic rings. The Hall–Kier alpha value is -1.05. The van der Waals surface area contributed by atoms with Crippen molar-refractivity contribution < 1.29 is 9.53 Å². The van der Waals surface area contributed by atoms with Gasteiger partial charge >= 0.3 is 5.97 Å². The summed E-state index contributed by atoms with van der Waals surface area (Å²) in [7, 11) is 0. The van der Waals surface area contributed by atoms with E-state index in [9.17, 15) is 4.79 Å². The second-order valence-electron chi connectivity index (χ2n) is 4.61. The van der Waals surface area contributed by atoms with Crippen molar-refractivity contribution in [3.63, 3.8) is 0 Å². The smallest absolute Gasteiger partial charge is 0.313 e. The summed E-state index contributed by atoms with van der Waals surface area (Å²) in [5.74, 6) is 0.456. The number of carbonyl (C=O) groups is 1. The Morgan fingerprint density at radius 2 is 2.31 bits per heavy atom. The molecule has 0 aromatic rings. The molecular formula is C14H22O2. The predicted octanol–water partition coefficient (Wildman–Crippen LogP) is 3.34. The zero-order valence-electron chi connectivity index (χ0n) is 10.5. The molecule has 0 aromatic heterocycles. The molecule has 0 bridgehead atoms. The minimum absolute atomic E-state index is 0.0701. The van der Waals surface area contributed by atoms with E-state index in [1.165, 1.54) is 0 Å². The van der Waals surface area contributed by atoms with Gasteiger partial charge in [-0.2, -0.15) is 0 Å². The maximum absolute atomic E-state index is 12.2. The summed E-state index contributed by atoms with van der Waals surface area (Å²) < 4.78 is 5.26. The van der Waals surface area contributed by atoms with E-state index in [0.717, 1.165) is 6.42 Å². The first kappa shape index (κ1) is 13.0. The van der Waals surface area contributed by atoms with Crippen molar-refractivity contribution in [3.8, 4) is 0 Å². The van der Waals surface area contributed by atoms with Crippen LogP contribution in [0.5, 0.6) is 0 Å². The number of carbonyl (C=O) groups excluding carboxylic acids is 1. The summed E-state index contributed by atoms with van der Waals surface area (Å²) in [6.45, 7) is 10.3. The van der Waals surface area contributed by atoms with Crippen molar-refractivity contribution in [3.05, 3.63) is 24.8 Å². The van der Waals surface area contributed by atoms with E-state index in [4.69, 9.17) is 4.74 Å². The lowest BCUT2D eigenvalue weighted by Gasteiger charge is -2.42. The lowest BCUT2D eigenvalue weighted by atomic mass is 9.62. The van der Waals surface area contributed by atoms with Crippen LogP contribution in [0.4, 0.5) is 0 Å². The Kier molecular flexibility index (Phi) is 4.34. The Balaban J connectivity index is 3.06. The van der Waals surface area contributed by atoms with Crippen molar-refractivity contribution in [2.75, 3.05) is 6.61 Å². The molecule has 0 saturated carbocycles. The van der Waals surface area contributed by atoms with Crippen LogP contribution in [0.25, 0.3) is 0 Å². The van der Waals surface area contributed by atoms with Crippen molar-refractivity contribution in [1.82, 2.24) is 0 Å². The van der Waals surface area contributed by atoms with Gasteiger partial charge in [0, 0.05) is 0 Å². The van der Waals surface area contributed by atoms with Crippen LogP contribution < -0.4 is 0 Å². The Morgan fingerprint density at radius 3 is 2.81 bits per heavy atom. The predicted molar refractivity (Wildman–Crippen MR) is 66.0 cm³/mol. The maximum atomic E-state index is 12.2. The van der Waals surface area contributed by atoms with Gasteiger partial charge in [-0.1, -0.05) is 32.1 Å². The van der Waals surface area contributed by atoms with Crippen molar-refractivity contribution in [1.29, 1.82) is 0 Å². The minimum Gasteiger partial charge on any atom is -0.466 e.